The number of hydrogen-bond donors (Lipinski definition) is 0. The number of aryl methyl sites for hydroxylation is 1. The molecule has 1 aromatic heterocycles. The van der Waals surface area contributed by atoms with E-state index in [-0.39, 0.29) is 0 Å². The first-order valence-corrected chi connectivity index (χ1v) is 8.96. The molecule has 24 heavy (non-hydrogen) atoms. The summed E-state index contributed by atoms with van der Waals surface area (Å²) in [5.41, 5.74) is 3.54. The van der Waals surface area contributed by atoms with E-state index in [2.05, 4.69) is 52.9 Å². The number of hydrogen-bond acceptors (Lipinski definition) is 4. The fourth-order valence-electron chi connectivity index (χ4n) is 2.66. The van der Waals surface area contributed by atoms with Gasteiger partial charge >= 0.3 is 0 Å². The summed E-state index contributed by atoms with van der Waals surface area (Å²) in [5.74, 6) is 2.54. The standard InChI is InChI=1S/C19H21N3OS/c1-4-22-18(16-10-5-6-11-17(16)23-3)20-21-19(22)24-13-15-9-7-8-14(2)12-15/h5-12H,4,13H2,1-3H3. The van der Waals surface area contributed by atoms with E-state index >= 15 is 0 Å². The Kier molecular flexibility index (Phi) is 5.20. The van der Waals surface area contributed by atoms with Crippen molar-refractivity contribution >= 4 is 11.8 Å². The van der Waals surface area contributed by atoms with Crippen molar-refractivity contribution in [2.45, 2.75) is 31.3 Å². The number of benzene rings is 2. The van der Waals surface area contributed by atoms with Gasteiger partial charge in [-0.3, -0.25) is 0 Å². The second kappa shape index (κ2) is 7.53. The summed E-state index contributed by atoms with van der Waals surface area (Å²) in [5, 5.41) is 9.73. The Morgan fingerprint density at radius 2 is 1.92 bits per heavy atom. The minimum atomic E-state index is 0.815. The Bertz CT molecular complexity index is 829. The highest BCUT2D eigenvalue weighted by Crippen LogP contribution is 2.31. The first-order chi connectivity index (χ1) is 11.7. The van der Waals surface area contributed by atoms with Gasteiger partial charge in [0.05, 0.1) is 12.7 Å². The number of nitrogens with zero attached hydrogens (tertiary/aromatic N) is 3. The van der Waals surface area contributed by atoms with Gasteiger partial charge in [0.1, 0.15) is 5.75 Å². The van der Waals surface area contributed by atoms with E-state index in [1.54, 1.807) is 18.9 Å². The fourth-order valence-corrected chi connectivity index (χ4v) is 3.60. The van der Waals surface area contributed by atoms with E-state index in [0.717, 1.165) is 34.6 Å². The van der Waals surface area contributed by atoms with E-state index in [1.807, 2.05) is 24.3 Å². The average Bonchev–Trinajstić information content (AvgIpc) is 3.02. The third-order valence-electron chi connectivity index (χ3n) is 3.83. The molecule has 2 aromatic carbocycles. The molecule has 0 amide bonds. The first kappa shape index (κ1) is 16.6. The van der Waals surface area contributed by atoms with Crippen molar-refractivity contribution in [2.75, 3.05) is 7.11 Å². The molecule has 3 rings (SSSR count). The summed E-state index contributed by atoms with van der Waals surface area (Å²) in [6, 6.07) is 16.5. The summed E-state index contributed by atoms with van der Waals surface area (Å²) < 4.78 is 7.60. The van der Waals surface area contributed by atoms with Crippen LogP contribution in [0.25, 0.3) is 11.4 Å². The summed E-state index contributed by atoms with van der Waals surface area (Å²) >= 11 is 1.71. The second-order valence-electron chi connectivity index (χ2n) is 5.53. The van der Waals surface area contributed by atoms with Crippen molar-refractivity contribution in [3.05, 3.63) is 59.7 Å². The molecule has 3 aromatic rings. The maximum atomic E-state index is 5.46. The van der Waals surface area contributed by atoms with E-state index in [0.29, 0.717) is 0 Å². The molecule has 0 saturated heterocycles. The molecule has 0 unspecified atom stereocenters. The zero-order chi connectivity index (χ0) is 16.9. The van der Waals surface area contributed by atoms with Gasteiger partial charge in [-0.05, 0) is 31.5 Å². The molecule has 0 spiro atoms. The summed E-state index contributed by atoms with van der Waals surface area (Å²) in [6.45, 7) is 5.04. The second-order valence-corrected chi connectivity index (χ2v) is 6.47. The van der Waals surface area contributed by atoms with Crippen LogP contribution in [-0.2, 0) is 12.3 Å². The number of ether oxygens (including phenoxy) is 1. The van der Waals surface area contributed by atoms with Crippen LogP contribution in [0, 0.1) is 6.92 Å². The maximum Gasteiger partial charge on any atom is 0.191 e. The quantitative estimate of drug-likeness (QED) is 0.617. The summed E-state index contributed by atoms with van der Waals surface area (Å²) in [7, 11) is 1.68. The summed E-state index contributed by atoms with van der Waals surface area (Å²) in [4.78, 5) is 0. The zero-order valence-electron chi connectivity index (χ0n) is 14.2. The van der Waals surface area contributed by atoms with E-state index in [1.165, 1.54) is 11.1 Å². The molecular weight excluding hydrogens is 318 g/mol. The third-order valence-corrected chi connectivity index (χ3v) is 4.87. The molecule has 0 fully saturated rings. The molecule has 5 heteroatoms. The van der Waals surface area contributed by atoms with Crippen LogP contribution >= 0.6 is 11.8 Å². The van der Waals surface area contributed by atoms with Gasteiger partial charge in [-0.15, -0.1) is 10.2 Å². The molecule has 1 heterocycles. The Balaban J connectivity index is 1.87. The van der Waals surface area contributed by atoms with Crippen LogP contribution in [-0.4, -0.2) is 21.9 Å². The average molecular weight is 339 g/mol. The third kappa shape index (κ3) is 3.46. The Hall–Kier alpha value is -2.27. The minimum Gasteiger partial charge on any atom is -0.496 e. The molecule has 0 radical (unpaired) electrons. The van der Waals surface area contributed by atoms with Crippen molar-refractivity contribution in [1.29, 1.82) is 0 Å². The maximum absolute atomic E-state index is 5.46. The molecule has 4 nitrogen and oxygen atoms in total. The van der Waals surface area contributed by atoms with E-state index < -0.39 is 0 Å². The van der Waals surface area contributed by atoms with Gasteiger partial charge in [-0.1, -0.05) is 53.7 Å². The number of aromatic nitrogens is 3. The molecular formula is C19H21N3OS. The molecule has 0 atom stereocenters. The molecule has 0 saturated carbocycles. The van der Waals surface area contributed by atoms with Gasteiger partial charge in [-0.2, -0.15) is 0 Å². The Morgan fingerprint density at radius 1 is 1.08 bits per heavy atom. The molecule has 0 N–H and O–H groups in total. The monoisotopic (exact) mass is 339 g/mol. The predicted octanol–water partition coefficient (Wildman–Crippen LogP) is 4.57. The lowest BCUT2D eigenvalue weighted by molar-refractivity contribution is 0.416. The van der Waals surface area contributed by atoms with Gasteiger partial charge in [0, 0.05) is 12.3 Å². The first-order valence-electron chi connectivity index (χ1n) is 7.98. The van der Waals surface area contributed by atoms with Crippen molar-refractivity contribution in [1.82, 2.24) is 14.8 Å². The molecule has 0 bridgehead atoms. The molecule has 0 aliphatic heterocycles. The van der Waals surface area contributed by atoms with Crippen molar-refractivity contribution < 1.29 is 4.74 Å². The smallest absolute Gasteiger partial charge is 0.191 e. The number of thioether (sulfide) groups is 1. The number of methoxy groups -OCH3 is 1. The minimum absolute atomic E-state index is 0.815. The van der Waals surface area contributed by atoms with Gasteiger partial charge in [0.2, 0.25) is 0 Å². The highest BCUT2D eigenvalue weighted by molar-refractivity contribution is 7.98. The van der Waals surface area contributed by atoms with Crippen LogP contribution in [0.4, 0.5) is 0 Å². The normalized spacial score (nSPS) is 10.8. The van der Waals surface area contributed by atoms with Crippen LogP contribution in [0.1, 0.15) is 18.1 Å². The largest absolute Gasteiger partial charge is 0.496 e. The zero-order valence-corrected chi connectivity index (χ0v) is 15.0. The van der Waals surface area contributed by atoms with Gasteiger partial charge in [0.25, 0.3) is 0 Å². The van der Waals surface area contributed by atoms with Gasteiger partial charge in [0.15, 0.2) is 11.0 Å². The highest BCUT2D eigenvalue weighted by Gasteiger charge is 2.16. The van der Waals surface area contributed by atoms with Crippen molar-refractivity contribution in [3.63, 3.8) is 0 Å². The van der Waals surface area contributed by atoms with Gasteiger partial charge < -0.3 is 9.30 Å². The fraction of sp³-hybridized carbons (Fsp3) is 0.263. The number of rotatable bonds is 6. The van der Waals surface area contributed by atoms with Crippen LogP contribution in [0.3, 0.4) is 0 Å². The topological polar surface area (TPSA) is 39.9 Å². The molecule has 0 aliphatic rings. The lowest BCUT2D eigenvalue weighted by Gasteiger charge is -2.10. The lowest BCUT2D eigenvalue weighted by atomic mass is 10.2. The van der Waals surface area contributed by atoms with Crippen LogP contribution < -0.4 is 4.74 Å². The van der Waals surface area contributed by atoms with Crippen molar-refractivity contribution in [3.8, 4) is 17.1 Å². The van der Waals surface area contributed by atoms with Crippen LogP contribution in [0.2, 0.25) is 0 Å². The van der Waals surface area contributed by atoms with E-state index in [4.69, 9.17) is 4.74 Å². The predicted molar refractivity (Wildman–Crippen MR) is 98.4 cm³/mol. The number of para-hydroxylation sites is 1. The highest BCUT2D eigenvalue weighted by atomic mass is 32.2. The lowest BCUT2D eigenvalue weighted by Crippen LogP contribution is -2.01. The van der Waals surface area contributed by atoms with Crippen LogP contribution in [0.5, 0.6) is 5.75 Å². The SMILES string of the molecule is CCn1c(SCc2cccc(C)c2)nnc1-c1ccccc1OC. The Morgan fingerprint density at radius 3 is 2.67 bits per heavy atom. The van der Waals surface area contributed by atoms with Gasteiger partial charge in [-0.25, -0.2) is 0 Å². The van der Waals surface area contributed by atoms with Crippen LogP contribution in [0.15, 0.2) is 53.7 Å². The van der Waals surface area contributed by atoms with Crippen molar-refractivity contribution in [2.24, 2.45) is 0 Å². The molecule has 0 aliphatic carbocycles. The molecule has 124 valence electrons. The summed E-state index contributed by atoms with van der Waals surface area (Å²) in [6.07, 6.45) is 0. The van der Waals surface area contributed by atoms with E-state index in [9.17, 15) is 0 Å². The Labute approximate surface area is 146 Å².